The highest BCUT2D eigenvalue weighted by Gasteiger charge is 2.25. The molecule has 3 heterocycles. The van der Waals surface area contributed by atoms with Gasteiger partial charge in [0.25, 0.3) is 0 Å². The Kier molecular flexibility index (Phi) is 5.98. The van der Waals surface area contributed by atoms with E-state index >= 15 is 0 Å². The highest BCUT2D eigenvalue weighted by atomic mass is 16.5. The number of amides is 1. The van der Waals surface area contributed by atoms with Crippen molar-refractivity contribution in [1.82, 2.24) is 20.0 Å². The predicted octanol–water partition coefficient (Wildman–Crippen LogP) is 0.632. The van der Waals surface area contributed by atoms with E-state index in [1.807, 2.05) is 24.1 Å². The molecule has 0 radical (unpaired) electrons. The van der Waals surface area contributed by atoms with Crippen molar-refractivity contribution in [2.45, 2.75) is 19.3 Å². The lowest BCUT2D eigenvalue weighted by Crippen LogP contribution is -2.47. The summed E-state index contributed by atoms with van der Waals surface area (Å²) < 4.78 is 5.34. The summed E-state index contributed by atoms with van der Waals surface area (Å²) in [5, 5.41) is 11.4. The molecule has 7 nitrogen and oxygen atoms in total. The molecule has 7 heteroatoms. The Bertz CT molecular complexity index is 530. The minimum absolute atomic E-state index is 0.248. The molecule has 3 rings (SSSR count). The van der Waals surface area contributed by atoms with Crippen LogP contribution in [0.25, 0.3) is 0 Å². The fourth-order valence-corrected chi connectivity index (χ4v) is 3.41. The van der Waals surface area contributed by atoms with Crippen LogP contribution in [0.2, 0.25) is 0 Å². The Balaban J connectivity index is 1.50. The third-order valence-corrected chi connectivity index (χ3v) is 4.81. The summed E-state index contributed by atoms with van der Waals surface area (Å²) in [6.45, 7) is 5.41. The molecule has 1 atom stereocenters. The number of ether oxygens (including phenoxy) is 1. The molecule has 0 bridgehead atoms. The van der Waals surface area contributed by atoms with Crippen molar-refractivity contribution < 1.29 is 9.53 Å². The Morgan fingerprint density at radius 2 is 2.12 bits per heavy atom. The molecule has 1 aromatic rings. The molecule has 2 aliphatic heterocycles. The monoisotopic (exact) mass is 333 g/mol. The van der Waals surface area contributed by atoms with Crippen LogP contribution >= 0.6 is 0 Å². The van der Waals surface area contributed by atoms with Gasteiger partial charge in [0.1, 0.15) is 5.82 Å². The van der Waals surface area contributed by atoms with Crippen LogP contribution in [0.15, 0.2) is 12.1 Å². The minimum atomic E-state index is 0.248. The maximum Gasteiger partial charge on any atom is 0.236 e. The number of hydrogen-bond donors (Lipinski definition) is 1. The van der Waals surface area contributed by atoms with Crippen molar-refractivity contribution in [1.29, 1.82) is 0 Å². The molecular weight excluding hydrogens is 306 g/mol. The SMILES string of the molecule is CNc1ccc(C[C@@H]2CCCN(C(=O)CN3CCOCC3)C2)nn1. The summed E-state index contributed by atoms with van der Waals surface area (Å²) in [6.07, 6.45) is 3.11. The van der Waals surface area contributed by atoms with Crippen LogP contribution in [0.5, 0.6) is 0 Å². The molecule has 2 aliphatic rings. The van der Waals surface area contributed by atoms with Crippen molar-refractivity contribution in [3.05, 3.63) is 17.8 Å². The van der Waals surface area contributed by atoms with E-state index in [0.29, 0.717) is 12.5 Å². The van der Waals surface area contributed by atoms with Gasteiger partial charge in [0.05, 0.1) is 25.5 Å². The zero-order chi connectivity index (χ0) is 16.8. The van der Waals surface area contributed by atoms with Crippen LogP contribution in [0.3, 0.4) is 0 Å². The molecule has 0 saturated carbocycles. The molecular formula is C17H27N5O2. The molecule has 2 fully saturated rings. The van der Waals surface area contributed by atoms with Gasteiger partial charge in [-0.1, -0.05) is 0 Å². The van der Waals surface area contributed by atoms with Crippen LogP contribution in [-0.4, -0.2) is 78.9 Å². The third kappa shape index (κ3) is 4.64. The van der Waals surface area contributed by atoms with Crippen molar-refractivity contribution in [3.63, 3.8) is 0 Å². The average Bonchev–Trinajstić information content (AvgIpc) is 2.63. The molecule has 1 aromatic heterocycles. The standard InChI is InChI=1S/C17H27N5O2/c1-18-16-5-4-15(19-20-16)11-14-3-2-6-22(12-14)17(23)13-21-7-9-24-10-8-21/h4-5,14H,2-3,6-13H2,1H3,(H,18,20)/t14-/m0/s1. The van der Waals surface area contributed by atoms with Crippen molar-refractivity contribution in [3.8, 4) is 0 Å². The Labute approximate surface area is 143 Å². The minimum Gasteiger partial charge on any atom is -0.379 e. The fourth-order valence-electron chi connectivity index (χ4n) is 3.41. The molecule has 1 N–H and O–H groups in total. The van der Waals surface area contributed by atoms with Crippen molar-refractivity contribution in [2.24, 2.45) is 5.92 Å². The molecule has 24 heavy (non-hydrogen) atoms. The summed E-state index contributed by atoms with van der Waals surface area (Å²) in [5.74, 6) is 1.50. The number of morpholine rings is 1. The van der Waals surface area contributed by atoms with Crippen molar-refractivity contribution in [2.75, 3.05) is 58.3 Å². The molecule has 0 aromatic carbocycles. The zero-order valence-corrected chi connectivity index (χ0v) is 14.4. The van der Waals surface area contributed by atoms with E-state index in [9.17, 15) is 4.79 Å². The van der Waals surface area contributed by atoms with Gasteiger partial charge in [0, 0.05) is 33.2 Å². The topological polar surface area (TPSA) is 70.6 Å². The molecule has 1 amide bonds. The fraction of sp³-hybridized carbons (Fsp3) is 0.706. The van der Waals surface area contributed by atoms with Gasteiger partial charge in [-0.15, -0.1) is 5.10 Å². The first kappa shape index (κ1) is 17.1. The second kappa shape index (κ2) is 8.39. The second-order valence-corrected chi connectivity index (χ2v) is 6.60. The number of likely N-dealkylation sites (tertiary alicyclic amines) is 1. The predicted molar refractivity (Wildman–Crippen MR) is 91.8 cm³/mol. The second-order valence-electron chi connectivity index (χ2n) is 6.60. The van der Waals surface area contributed by atoms with Gasteiger partial charge in [0.15, 0.2) is 0 Å². The number of hydrogen-bond acceptors (Lipinski definition) is 6. The number of carbonyl (C=O) groups is 1. The number of aromatic nitrogens is 2. The van der Waals surface area contributed by atoms with Gasteiger partial charge in [-0.2, -0.15) is 5.10 Å². The van der Waals surface area contributed by atoms with Gasteiger partial charge in [-0.25, -0.2) is 0 Å². The third-order valence-electron chi connectivity index (χ3n) is 4.81. The summed E-state index contributed by atoms with van der Waals surface area (Å²) in [4.78, 5) is 16.8. The summed E-state index contributed by atoms with van der Waals surface area (Å²) in [5.41, 5.74) is 1.00. The van der Waals surface area contributed by atoms with Crippen LogP contribution in [0.4, 0.5) is 5.82 Å². The van der Waals surface area contributed by atoms with Gasteiger partial charge in [-0.3, -0.25) is 9.69 Å². The summed E-state index contributed by atoms with van der Waals surface area (Å²) in [7, 11) is 1.84. The average molecular weight is 333 g/mol. The van der Waals surface area contributed by atoms with Crippen LogP contribution in [-0.2, 0) is 16.0 Å². The number of anilines is 1. The van der Waals surface area contributed by atoms with E-state index < -0.39 is 0 Å². The van der Waals surface area contributed by atoms with E-state index in [-0.39, 0.29) is 5.91 Å². The van der Waals surface area contributed by atoms with E-state index in [1.165, 1.54) is 0 Å². The molecule has 132 valence electrons. The number of nitrogens with zero attached hydrogens (tertiary/aromatic N) is 4. The number of carbonyl (C=O) groups excluding carboxylic acids is 1. The Morgan fingerprint density at radius 3 is 2.83 bits per heavy atom. The summed E-state index contributed by atoms with van der Waals surface area (Å²) in [6, 6.07) is 3.97. The van der Waals surface area contributed by atoms with E-state index in [1.54, 1.807) is 0 Å². The molecule has 0 unspecified atom stereocenters. The Morgan fingerprint density at radius 1 is 1.29 bits per heavy atom. The number of nitrogens with one attached hydrogen (secondary N) is 1. The maximum atomic E-state index is 12.6. The quantitative estimate of drug-likeness (QED) is 0.852. The normalized spacial score (nSPS) is 22.4. The lowest BCUT2D eigenvalue weighted by atomic mass is 9.93. The highest BCUT2D eigenvalue weighted by molar-refractivity contribution is 5.78. The van der Waals surface area contributed by atoms with E-state index in [0.717, 1.165) is 70.2 Å². The van der Waals surface area contributed by atoms with Gasteiger partial charge in [-0.05, 0) is 37.3 Å². The Hall–Kier alpha value is -1.73. The lowest BCUT2D eigenvalue weighted by molar-refractivity contribution is -0.135. The van der Waals surface area contributed by atoms with Gasteiger partial charge < -0.3 is 15.0 Å². The smallest absolute Gasteiger partial charge is 0.236 e. The first-order chi connectivity index (χ1) is 11.7. The largest absolute Gasteiger partial charge is 0.379 e. The highest BCUT2D eigenvalue weighted by Crippen LogP contribution is 2.20. The van der Waals surface area contributed by atoms with Crippen LogP contribution < -0.4 is 5.32 Å². The maximum absolute atomic E-state index is 12.6. The van der Waals surface area contributed by atoms with Gasteiger partial charge in [0.2, 0.25) is 5.91 Å². The van der Waals surface area contributed by atoms with Crippen LogP contribution in [0.1, 0.15) is 18.5 Å². The van der Waals surface area contributed by atoms with Crippen LogP contribution in [0, 0.1) is 5.92 Å². The summed E-state index contributed by atoms with van der Waals surface area (Å²) >= 11 is 0. The molecule has 0 spiro atoms. The van der Waals surface area contributed by atoms with Gasteiger partial charge >= 0.3 is 0 Å². The number of piperidine rings is 1. The molecule has 0 aliphatic carbocycles. The number of rotatable bonds is 5. The van der Waals surface area contributed by atoms with E-state index in [2.05, 4.69) is 20.4 Å². The first-order valence-corrected chi connectivity index (χ1v) is 8.83. The zero-order valence-electron chi connectivity index (χ0n) is 14.4. The van der Waals surface area contributed by atoms with E-state index in [4.69, 9.17) is 4.74 Å². The first-order valence-electron chi connectivity index (χ1n) is 8.83. The van der Waals surface area contributed by atoms with Crippen molar-refractivity contribution >= 4 is 11.7 Å². The lowest BCUT2D eigenvalue weighted by Gasteiger charge is -2.35. The molecule has 2 saturated heterocycles.